The molecule has 0 aliphatic carbocycles. The molecular weight excluding hydrogens is 276 g/mol. The summed E-state index contributed by atoms with van der Waals surface area (Å²) in [6.07, 6.45) is 1.84. The van der Waals surface area contributed by atoms with Gasteiger partial charge in [-0.1, -0.05) is 0 Å². The number of rotatable bonds is 3. The van der Waals surface area contributed by atoms with Crippen LogP contribution in [0.4, 0.5) is 5.82 Å². The van der Waals surface area contributed by atoms with Crippen LogP contribution in [-0.4, -0.2) is 50.8 Å². The number of piperazine rings is 1. The molecule has 0 N–H and O–H groups in total. The smallest absolute Gasteiger partial charge is 0.132 e. The van der Waals surface area contributed by atoms with Gasteiger partial charge in [0.15, 0.2) is 0 Å². The molecule has 2 aromatic rings. The van der Waals surface area contributed by atoms with E-state index in [2.05, 4.69) is 38.7 Å². The number of nitrogens with zero attached hydrogens (tertiary/aromatic N) is 6. The molecule has 1 fully saturated rings. The van der Waals surface area contributed by atoms with Gasteiger partial charge in [-0.2, -0.15) is 5.10 Å². The Morgan fingerprint density at radius 1 is 1.09 bits per heavy atom. The van der Waals surface area contributed by atoms with E-state index in [0.29, 0.717) is 0 Å². The molecule has 1 aliphatic rings. The molecular formula is C16H24N6. The minimum absolute atomic E-state index is 0.835. The van der Waals surface area contributed by atoms with Crippen molar-refractivity contribution in [2.24, 2.45) is 7.05 Å². The maximum atomic E-state index is 4.52. The summed E-state index contributed by atoms with van der Waals surface area (Å²) in [6, 6.07) is 2.00. The fraction of sp³-hybridized carbons (Fsp3) is 0.562. The summed E-state index contributed by atoms with van der Waals surface area (Å²) in [5.41, 5.74) is 3.79. The molecule has 6 heteroatoms. The van der Waals surface area contributed by atoms with Crippen molar-refractivity contribution in [2.75, 3.05) is 31.1 Å². The molecule has 0 radical (unpaired) electrons. The zero-order valence-electron chi connectivity index (χ0n) is 13.9. The van der Waals surface area contributed by atoms with Crippen LogP contribution in [0.5, 0.6) is 0 Å². The summed E-state index contributed by atoms with van der Waals surface area (Å²) in [5.74, 6) is 1.88. The lowest BCUT2D eigenvalue weighted by atomic mass is 10.1. The highest BCUT2D eigenvalue weighted by molar-refractivity contribution is 5.38. The van der Waals surface area contributed by atoms with Crippen molar-refractivity contribution < 1.29 is 0 Å². The van der Waals surface area contributed by atoms with E-state index >= 15 is 0 Å². The van der Waals surface area contributed by atoms with Gasteiger partial charge < -0.3 is 4.90 Å². The summed E-state index contributed by atoms with van der Waals surface area (Å²) < 4.78 is 1.98. The fourth-order valence-corrected chi connectivity index (χ4v) is 3.02. The number of anilines is 1. The van der Waals surface area contributed by atoms with E-state index in [4.69, 9.17) is 0 Å². The summed E-state index contributed by atoms with van der Waals surface area (Å²) in [7, 11) is 2.02. The molecule has 6 nitrogen and oxygen atoms in total. The Balaban J connectivity index is 1.62. The van der Waals surface area contributed by atoms with Crippen LogP contribution in [-0.2, 0) is 13.6 Å². The minimum Gasteiger partial charge on any atom is -0.354 e. The zero-order valence-corrected chi connectivity index (χ0v) is 13.9. The average molecular weight is 300 g/mol. The van der Waals surface area contributed by atoms with Gasteiger partial charge in [-0.05, 0) is 26.8 Å². The van der Waals surface area contributed by atoms with Crippen molar-refractivity contribution in [3.63, 3.8) is 0 Å². The highest BCUT2D eigenvalue weighted by Gasteiger charge is 2.20. The van der Waals surface area contributed by atoms with E-state index in [0.717, 1.165) is 50.1 Å². The molecule has 0 bridgehead atoms. The molecule has 22 heavy (non-hydrogen) atoms. The zero-order chi connectivity index (χ0) is 15.7. The first-order valence-corrected chi connectivity index (χ1v) is 7.80. The van der Waals surface area contributed by atoms with Gasteiger partial charge in [0.25, 0.3) is 0 Å². The number of aromatic nitrogens is 4. The molecule has 1 aliphatic heterocycles. The van der Waals surface area contributed by atoms with Crippen LogP contribution in [0.25, 0.3) is 0 Å². The van der Waals surface area contributed by atoms with Gasteiger partial charge in [0.2, 0.25) is 0 Å². The van der Waals surface area contributed by atoms with Gasteiger partial charge in [0.05, 0.1) is 5.69 Å². The number of hydrogen-bond acceptors (Lipinski definition) is 5. The standard InChI is InChI=1S/C16H24N6/c1-12-15(13(2)20(4)19-12)11-21-7-9-22(10-8-21)16-5-6-17-14(3)18-16/h5-6H,7-11H2,1-4H3. The van der Waals surface area contributed by atoms with Crippen LogP contribution in [0.15, 0.2) is 12.3 Å². The van der Waals surface area contributed by atoms with E-state index in [1.54, 1.807) is 0 Å². The lowest BCUT2D eigenvalue weighted by molar-refractivity contribution is 0.248. The predicted molar refractivity (Wildman–Crippen MR) is 86.9 cm³/mol. The van der Waals surface area contributed by atoms with Gasteiger partial charge in [-0.15, -0.1) is 0 Å². The van der Waals surface area contributed by atoms with Crippen molar-refractivity contribution in [3.05, 3.63) is 35.0 Å². The maximum absolute atomic E-state index is 4.52. The Morgan fingerprint density at radius 2 is 1.82 bits per heavy atom. The largest absolute Gasteiger partial charge is 0.354 e. The van der Waals surface area contributed by atoms with Crippen LogP contribution >= 0.6 is 0 Å². The molecule has 2 aromatic heterocycles. The summed E-state index contributed by atoms with van der Waals surface area (Å²) >= 11 is 0. The summed E-state index contributed by atoms with van der Waals surface area (Å²) in [4.78, 5) is 13.5. The predicted octanol–water partition coefficient (Wildman–Crippen LogP) is 1.46. The van der Waals surface area contributed by atoms with Crippen LogP contribution in [0.1, 0.15) is 22.8 Å². The van der Waals surface area contributed by atoms with E-state index in [1.165, 1.54) is 11.3 Å². The highest BCUT2D eigenvalue weighted by atomic mass is 15.3. The molecule has 0 spiro atoms. The second-order valence-electron chi connectivity index (χ2n) is 6.00. The lowest BCUT2D eigenvalue weighted by Gasteiger charge is -2.35. The third-order valence-corrected chi connectivity index (χ3v) is 4.50. The van der Waals surface area contributed by atoms with Gasteiger partial charge in [-0.3, -0.25) is 9.58 Å². The number of hydrogen-bond donors (Lipinski definition) is 0. The minimum atomic E-state index is 0.835. The third-order valence-electron chi connectivity index (χ3n) is 4.50. The first-order valence-electron chi connectivity index (χ1n) is 7.80. The second kappa shape index (κ2) is 6.04. The van der Waals surface area contributed by atoms with Crippen molar-refractivity contribution in [1.29, 1.82) is 0 Å². The Labute approximate surface area is 131 Å². The molecule has 1 saturated heterocycles. The average Bonchev–Trinajstić information content (AvgIpc) is 2.74. The Morgan fingerprint density at radius 3 is 2.41 bits per heavy atom. The molecule has 0 unspecified atom stereocenters. The SMILES string of the molecule is Cc1nccc(N2CCN(Cc3c(C)nn(C)c3C)CC2)n1. The Bertz CT molecular complexity index is 655. The van der Waals surface area contributed by atoms with E-state index in [-0.39, 0.29) is 0 Å². The molecule has 0 aromatic carbocycles. The fourth-order valence-electron chi connectivity index (χ4n) is 3.02. The van der Waals surface area contributed by atoms with Crippen molar-refractivity contribution in [2.45, 2.75) is 27.3 Å². The molecule has 3 heterocycles. The van der Waals surface area contributed by atoms with Crippen LogP contribution in [0.3, 0.4) is 0 Å². The first-order chi connectivity index (χ1) is 10.5. The van der Waals surface area contributed by atoms with E-state index in [9.17, 15) is 0 Å². The maximum Gasteiger partial charge on any atom is 0.132 e. The molecule has 0 saturated carbocycles. The van der Waals surface area contributed by atoms with Crippen LogP contribution in [0, 0.1) is 20.8 Å². The van der Waals surface area contributed by atoms with Crippen LogP contribution < -0.4 is 4.90 Å². The van der Waals surface area contributed by atoms with Gasteiger partial charge in [0.1, 0.15) is 11.6 Å². The molecule has 0 amide bonds. The van der Waals surface area contributed by atoms with Crippen molar-refractivity contribution >= 4 is 5.82 Å². The monoisotopic (exact) mass is 300 g/mol. The normalized spacial score (nSPS) is 16.3. The molecule has 118 valence electrons. The van der Waals surface area contributed by atoms with Crippen LogP contribution in [0.2, 0.25) is 0 Å². The third kappa shape index (κ3) is 2.97. The molecule has 3 rings (SSSR count). The summed E-state index contributed by atoms with van der Waals surface area (Å²) in [5, 5.41) is 4.51. The van der Waals surface area contributed by atoms with E-state index < -0.39 is 0 Å². The van der Waals surface area contributed by atoms with Gasteiger partial charge in [0, 0.05) is 57.2 Å². The second-order valence-corrected chi connectivity index (χ2v) is 6.00. The molecule has 0 atom stereocenters. The number of aryl methyl sites for hydroxylation is 3. The van der Waals surface area contributed by atoms with Gasteiger partial charge in [-0.25, -0.2) is 9.97 Å². The highest BCUT2D eigenvalue weighted by Crippen LogP contribution is 2.18. The quantitative estimate of drug-likeness (QED) is 0.859. The van der Waals surface area contributed by atoms with E-state index in [1.807, 2.05) is 30.9 Å². The van der Waals surface area contributed by atoms with Gasteiger partial charge >= 0.3 is 0 Å². The Kier molecular flexibility index (Phi) is 4.11. The van der Waals surface area contributed by atoms with Crippen molar-refractivity contribution in [1.82, 2.24) is 24.6 Å². The Hall–Kier alpha value is -1.95. The summed E-state index contributed by atoms with van der Waals surface area (Å²) in [6.45, 7) is 11.3. The van der Waals surface area contributed by atoms with Crippen molar-refractivity contribution in [3.8, 4) is 0 Å². The first kappa shape index (κ1) is 15.0. The lowest BCUT2D eigenvalue weighted by Crippen LogP contribution is -2.46. The topological polar surface area (TPSA) is 50.1 Å².